The van der Waals surface area contributed by atoms with Crippen molar-refractivity contribution in [2.75, 3.05) is 13.2 Å². The van der Waals surface area contributed by atoms with Gasteiger partial charge < -0.3 is 13.9 Å². The number of pyridine rings is 1. The summed E-state index contributed by atoms with van der Waals surface area (Å²) in [7, 11) is 0. The summed E-state index contributed by atoms with van der Waals surface area (Å²) in [6, 6.07) is 11.2. The molecule has 2 heterocycles. The van der Waals surface area contributed by atoms with Crippen LogP contribution < -0.4 is 4.74 Å². The van der Waals surface area contributed by atoms with Crippen molar-refractivity contribution >= 4 is 22.4 Å². The van der Waals surface area contributed by atoms with Gasteiger partial charge in [-0.15, -0.1) is 0 Å². The Bertz CT molecular complexity index is 935. The summed E-state index contributed by atoms with van der Waals surface area (Å²) in [4.78, 5) is 12.4. The minimum absolute atomic E-state index is 0.0153. The van der Waals surface area contributed by atoms with Crippen molar-refractivity contribution in [3.8, 4) is 11.8 Å². The quantitative estimate of drug-likeness (QED) is 0.692. The second-order valence-electron chi connectivity index (χ2n) is 5.18. The zero-order valence-corrected chi connectivity index (χ0v) is 13.0. The third-order valence-corrected chi connectivity index (χ3v) is 3.63. The van der Waals surface area contributed by atoms with Crippen LogP contribution in [0, 0.1) is 18.3 Å². The number of aryl methyl sites for hydroxylation is 1. The number of benzene rings is 1. The van der Waals surface area contributed by atoms with Crippen molar-refractivity contribution in [2.24, 2.45) is 0 Å². The van der Waals surface area contributed by atoms with Gasteiger partial charge >= 0.3 is 5.97 Å². The van der Waals surface area contributed by atoms with Gasteiger partial charge in [-0.3, -0.25) is 0 Å². The highest BCUT2D eigenvalue weighted by atomic mass is 16.5. The van der Waals surface area contributed by atoms with Gasteiger partial charge in [-0.1, -0.05) is 6.07 Å². The maximum absolute atomic E-state index is 12.4. The topological polar surface area (TPSA) is 63.7 Å². The van der Waals surface area contributed by atoms with Crippen molar-refractivity contribution in [3.05, 3.63) is 47.7 Å². The summed E-state index contributed by atoms with van der Waals surface area (Å²) in [6.07, 6.45) is 1.97. The summed E-state index contributed by atoms with van der Waals surface area (Å²) in [5, 5.41) is 9.45. The standard InChI is InChI=1S/C18H16N2O3/c1-3-22-18(21)17-14-6-5-13(23-9-8-19)10-16(14)20-11-12(2)4-7-15(17)20/h4-7,10-11H,3,9H2,1-2H3. The highest BCUT2D eigenvalue weighted by molar-refractivity contribution is 6.12. The second kappa shape index (κ2) is 6.01. The van der Waals surface area contributed by atoms with Crippen LogP contribution in [0.1, 0.15) is 22.8 Å². The maximum Gasteiger partial charge on any atom is 0.340 e. The van der Waals surface area contributed by atoms with Crippen LogP contribution in [0.3, 0.4) is 0 Å². The smallest absolute Gasteiger partial charge is 0.340 e. The average molecular weight is 308 g/mol. The molecular formula is C18H16N2O3. The first kappa shape index (κ1) is 14.9. The van der Waals surface area contributed by atoms with Crippen LogP contribution in [-0.2, 0) is 4.74 Å². The van der Waals surface area contributed by atoms with Gasteiger partial charge in [0.15, 0.2) is 6.61 Å². The Labute approximate surface area is 133 Å². The Morgan fingerprint density at radius 1 is 1.26 bits per heavy atom. The molecule has 23 heavy (non-hydrogen) atoms. The number of hydrogen-bond acceptors (Lipinski definition) is 4. The Hall–Kier alpha value is -3.00. The van der Waals surface area contributed by atoms with Gasteiger partial charge in [0, 0.05) is 17.6 Å². The van der Waals surface area contributed by atoms with Crippen LogP contribution >= 0.6 is 0 Å². The van der Waals surface area contributed by atoms with Crippen LogP contribution in [-0.4, -0.2) is 23.6 Å². The lowest BCUT2D eigenvalue weighted by Crippen LogP contribution is -2.04. The lowest BCUT2D eigenvalue weighted by molar-refractivity contribution is 0.0531. The Kier molecular flexibility index (Phi) is 3.90. The fourth-order valence-corrected chi connectivity index (χ4v) is 2.69. The molecule has 2 aromatic heterocycles. The van der Waals surface area contributed by atoms with E-state index in [4.69, 9.17) is 14.7 Å². The van der Waals surface area contributed by atoms with Crippen LogP contribution in [0.15, 0.2) is 36.5 Å². The van der Waals surface area contributed by atoms with Gasteiger partial charge in [-0.2, -0.15) is 5.26 Å². The van der Waals surface area contributed by atoms with Crippen LogP contribution in [0.4, 0.5) is 0 Å². The molecule has 0 aliphatic heterocycles. The largest absolute Gasteiger partial charge is 0.479 e. The van der Waals surface area contributed by atoms with Crippen molar-refractivity contribution < 1.29 is 14.3 Å². The first-order chi connectivity index (χ1) is 11.2. The highest BCUT2D eigenvalue weighted by Gasteiger charge is 2.19. The van der Waals surface area contributed by atoms with Gasteiger partial charge in [-0.25, -0.2) is 4.79 Å². The fourth-order valence-electron chi connectivity index (χ4n) is 2.69. The number of fused-ring (bicyclic) bond motifs is 3. The molecule has 1 aromatic carbocycles. The molecule has 0 amide bonds. The number of esters is 1. The van der Waals surface area contributed by atoms with E-state index in [1.165, 1.54) is 0 Å². The van der Waals surface area contributed by atoms with E-state index in [1.54, 1.807) is 13.0 Å². The molecule has 5 nitrogen and oxygen atoms in total. The van der Waals surface area contributed by atoms with Crippen molar-refractivity contribution in [1.29, 1.82) is 5.26 Å². The van der Waals surface area contributed by atoms with Crippen LogP contribution in [0.25, 0.3) is 16.4 Å². The molecule has 0 N–H and O–H groups in total. The minimum Gasteiger partial charge on any atom is -0.479 e. The van der Waals surface area contributed by atoms with E-state index in [0.717, 1.165) is 22.0 Å². The first-order valence-corrected chi connectivity index (χ1v) is 7.37. The lowest BCUT2D eigenvalue weighted by atomic mass is 10.1. The zero-order valence-electron chi connectivity index (χ0n) is 13.0. The van der Waals surface area contributed by atoms with E-state index in [1.807, 2.05) is 47.9 Å². The molecule has 3 aromatic rings. The number of nitrogens with zero attached hydrogens (tertiary/aromatic N) is 2. The molecule has 116 valence electrons. The Morgan fingerprint density at radius 2 is 2.09 bits per heavy atom. The summed E-state index contributed by atoms with van der Waals surface area (Å²) >= 11 is 0. The molecule has 3 rings (SSSR count). The summed E-state index contributed by atoms with van der Waals surface area (Å²) < 4.78 is 12.5. The SMILES string of the molecule is CCOC(=O)c1c2ccc(OCC#N)cc2n2cc(C)ccc12. The Morgan fingerprint density at radius 3 is 2.83 bits per heavy atom. The highest BCUT2D eigenvalue weighted by Crippen LogP contribution is 2.30. The average Bonchev–Trinajstić information content (AvgIpc) is 2.86. The Balaban J connectivity index is 2.28. The third kappa shape index (κ3) is 2.59. The molecule has 0 bridgehead atoms. The van der Waals surface area contributed by atoms with Crippen molar-refractivity contribution in [1.82, 2.24) is 4.40 Å². The molecule has 0 atom stereocenters. The molecule has 0 fully saturated rings. The summed E-state index contributed by atoms with van der Waals surface area (Å²) in [5.41, 5.74) is 3.27. The number of nitriles is 1. The van der Waals surface area contributed by atoms with Crippen molar-refractivity contribution in [3.63, 3.8) is 0 Å². The van der Waals surface area contributed by atoms with Gasteiger partial charge in [0.2, 0.25) is 0 Å². The number of carbonyl (C=O) groups is 1. The van der Waals surface area contributed by atoms with Crippen molar-refractivity contribution in [2.45, 2.75) is 13.8 Å². The molecule has 0 saturated heterocycles. The van der Waals surface area contributed by atoms with E-state index in [0.29, 0.717) is 17.9 Å². The second-order valence-corrected chi connectivity index (χ2v) is 5.18. The fraction of sp³-hybridized carbons (Fsp3) is 0.222. The number of aromatic nitrogens is 1. The van der Waals surface area contributed by atoms with E-state index < -0.39 is 0 Å². The molecule has 0 unspecified atom stereocenters. The third-order valence-electron chi connectivity index (χ3n) is 3.63. The monoisotopic (exact) mass is 308 g/mol. The molecule has 0 radical (unpaired) electrons. The normalized spacial score (nSPS) is 10.7. The van der Waals surface area contributed by atoms with Crippen LogP contribution in [0.5, 0.6) is 5.75 Å². The predicted molar refractivity (Wildman–Crippen MR) is 86.7 cm³/mol. The molecule has 0 aliphatic rings. The van der Waals surface area contributed by atoms with Gasteiger partial charge in [0.05, 0.1) is 23.2 Å². The molecule has 0 aliphatic carbocycles. The van der Waals surface area contributed by atoms with E-state index in [-0.39, 0.29) is 12.6 Å². The van der Waals surface area contributed by atoms with Crippen LogP contribution in [0.2, 0.25) is 0 Å². The van der Waals surface area contributed by atoms with E-state index in [2.05, 4.69) is 0 Å². The molecule has 5 heteroatoms. The maximum atomic E-state index is 12.4. The number of hydrogen-bond donors (Lipinski definition) is 0. The first-order valence-electron chi connectivity index (χ1n) is 7.37. The molecular weight excluding hydrogens is 292 g/mol. The minimum atomic E-state index is -0.338. The lowest BCUT2D eigenvalue weighted by Gasteiger charge is -2.03. The number of carbonyl (C=O) groups excluding carboxylic acids is 1. The van der Waals surface area contributed by atoms with Gasteiger partial charge in [-0.05, 0) is 37.6 Å². The van der Waals surface area contributed by atoms with Gasteiger partial charge in [0.1, 0.15) is 11.8 Å². The zero-order chi connectivity index (χ0) is 16.4. The predicted octanol–water partition coefficient (Wildman–Crippen LogP) is 3.48. The van der Waals surface area contributed by atoms with E-state index in [9.17, 15) is 4.79 Å². The summed E-state index contributed by atoms with van der Waals surface area (Å²) in [5.74, 6) is 0.255. The van der Waals surface area contributed by atoms with E-state index >= 15 is 0 Å². The number of ether oxygens (including phenoxy) is 2. The molecule has 0 saturated carbocycles. The summed E-state index contributed by atoms with van der Waals surface area (Å²) in [6.45, 7) is 4.09. The van der Waals surface area contributed by atoms with Gasteiger partial charge in [0.25, 0.3) is 0 Å². The number of rotatable bonds is 4. The molecule has 0 spiro atoms.